The molecule has 0 spiro atoms. The molecule has 0 bridgehead atoms. The number of hydrogen-bond donors (Lipinski definition) is 3. The number of rotatable bonds is 7. The van der Waals surface area contributed by atoms with E-state index in [1.54, 1.807) is 6.07 Å². The van der Waals surface area contributed by atoms with Gasteiger partial charge in [0.05, 0.1) is 6.54 Å². The number of pyridine rings is 1. The van der Waals surface area contributed by atoms with Crippen molar-refractivity contribution in [1.82, 2.24) is 20.9 Å². The Morgan fingerprint density at radius 3 is 2.65 bits per heavy atom. The number of aromatic nitrogens is 1. The number of piperidine rings is 1. The minimum Gasteiger partial charge on any atom is -0.354 e. The van der Waals surface area contributed by atoms with Gasteiger partial charge >= 0.3 is 0 Å². The first-order valence-electron chi connectivity index (χ1n) is 10.5. The SMILES string of the molecule is CNC(=O)c1cc(C(=O)NCCC2CCNCC2(F)F)cc([C@@H](C)c2ccccc2)n1. The van der Waals surface area contributed by atoms with Gasteiger partial charge in [0, 0.05) is 36.7 Å². The Labute approximate surface area is 180 Å². The van der Waals surface area contributed by atoms with E-state index in [0.717, 1.165) is 5.56 Å². The van der Waals surface area contributed by atoms with Crippen LogP contribution in [0.2, 0.25) is 0 Å². The summed E-state index contributed by atoms with van der Waals surface area (Å²) in [7, 11) is 1.50. The predicted octanol–water partition coefficient (Wildman–Crippen LogP) is 2.96. The lowest BCUT2D eigenvalue weighted by molar-refractivity contribution is -0.0754. The van der Waals surface area contributed by atoms with Crippen molar-refractivity contribution >= 4 is 11.8 Å². The lowest BCUT2D eigenvalue weighted by atomic mass is 9.91. The van der Waals surface area contributed by atoms with Crippen molar-refractivity contribution in [1.29, 1.82) is 0 Å². The van der Waals surface area contributed by atoms with Gasteiger partial charge in [-0.25, -0.2) is 13.8 Å². The van der Waals surface area contributed by atoms with Crippen LogP contribution in [0.3, 0.4) is 0 Å². The van der Waals surface area contributed by atoms with E-state index in [2.05, 4.69) is 20.9 Å². The fraction of sp³-hybridized carbons (Fsp3) is 0.435. The lowest BCUT2D eigenvalue weighted by Gasteiger charge is -2.31. The highest BCUT2D eigenvalue weighted by atomic mass is 19.3. The molecule has 1 aromatic heterocycles. The van der Waals surface area contributed by atoms with E-state index in [4.69, 9.17) is 0 Å². The fourth-order valence-electron chi connectivity index (χ4n) is 3.77. The minimum absolute atomic E-state index is 0.134. The van der Waals surface area contributed by atoms with Gasteiger partial charge < -0.3 is 16.0 Å². The average molecular weight is 430 g/mol. The molecular formula is C23H28F2N4O2. The third kappa shape index (κ3) is 5.64. The second-order valence-electron chi connectivity index (χ2n) is 7.85. The van der Waals surface area contributed by atoms with Crippen molar-refractivity contribution < 1.29 is 18.4 Å². The molecular weight excluding hydrogens is 402 g/mol. The monoisotopic (exact) mass is 430 g/mol. The number of halogens is 2. The zero-order valence-electron chi connectivity index (χ0n) is 17.8. The van der Waals surface area contributed by atoms with Crippen LogP contribution in [0.4, 0.5) is 8.78 Å². The molecule has 3 rings (SSSR count). The molecule has 2 amide bonds. The molecule has 0 radical (unpaired) electrons. The predicted molar refractivity (Wildman–Crippen MR) is 114 cm³/mol. The molecule has 3 N–H and O–H groups in total. The van der Waals surface area contributed by atoms with Crippen LogP contribution in [0.25, 0.3) is 0 Å². The lowest BCUT2D eigenvalue weighted by Crippen LogP contribution is -2.47. The quantitative estimate of drug-likeness (QED) is 0.631. The van der Waals surface area contributed by atoms with Crippen LogP contribution in [0.1, 0.15) is 57.8 Å². The van der Waals surface area contributed by atoms with Gasteiger partial charge in [-0.1, -0.05) is 37.3 Å². The Bertz CT molecular complexity index is 921. The molecule has 2 heterocycles. The summed E-state index contributed by atoms with van der Waals surface area (Å²) in [5, 5.41) is 7.95. The molecule has 0 saturated carbocycles. The number of nitrogens with zero attached hydrogens (tertiary/aromatic N) is 1. The fourth-order valence-corrected chi connectivity index (χ4v) is 3.77. The number of nitrogens with one attached hydrogen (secondary N) is 3. The molecule has 1 fully saturated rings. The first kappa shape index (κ1) is 22.8. The summed E-state index contributed by atoms with van der Waals surface area (Å²) in [5.74, 6) is -4.48. The highest BCUT2D eigenvalue weighted by Gasteiger charge is 2.40. The van der Waals surface area contributed by atoms with Gasteiger partial charge in [-0.05, 0) is 37.1 Å². The maximum Gasteiger partial charge on any atom is 0.269 e. The smallest absolute Gasteiger partial charge is 0.269 e. The number of amides is 2. The maximum atomic E-state index is 14.0. The van der Waals surface area contributed by atoms with Crippen LogP contribution < -0.4 is 16.0 Å². The van der Waals surface area contributed by atoms with Crippen LogP contribution in [0.15, 0.2) is 42.5 Å². The summed E-state index contributed by atoms with van der Waals surface area (Å²) in [6.07, 6.45) is 0.568. The van der Waals surface area contributed by atoms with E-state index in [-0.39, 0.29) is 36.7 Å². The van der Waals surface area contributed by atoms with Crippen molar-refractivity contribution in [3.05, 3.63) is 65.0 Å². The summed E-state index contributed by atoms with van der Waals surface area (Å²) in [4.78, 5) is 29.4. The van der Waals surface area contributed by atoms with E-state index in [1.807, 2.05) is 37.3 Å². The number of carbonyl (C=O) groups excluding carboxylic acids is 2. The Kier molecular flexibility index (Phi) is 7.33. The molecule has 1 aliphatic rings. The Morgan fingerprint density at radius 1 is 1.23 bits per heavy atom. The molecule has 31 heavy (non-hydrogen) atoms. The van der Waals surface area contributed by atoms with E-state index < -0.39 is 23.7 Å². The van der Waals surface area contributed by atoms with Crippen molar-refractivity contribution in [3.63, 3.8) is 0 Å². The largest absolute Gasteiger partial charge is 0.354 e. The summed E-state index contributed by atoms with van der Waals surface area (Å²) in [6.45, 7) is 2.31. The first-order chi connectivity index (χ1) is 14.8. The van der Waals surface area contributed by atoms with Crippen LogP contribution in [0, 0.1) is 5.92 Å². The molecule has 6 nitrogen and oxygen atoms in total. The molecule has 0 aliphatic carbocycles. The number of carbonyl (C=O) groups is 2. The van der Waals surface area contributed by atoms with Crippen molar-refractivity contribution in [2.45, 2.75) is 31.6 Å². The zero-order chi connectivity index (χ0) is 22.4. The van der Waals surface area contributed by atoms with Crippen LogP contribution >= 0.6 is 0 Å². The van der Waals surface area contributed by atoms with Crippen LogP contribution in [-0.4, -0.2) is 49.4 Å². The minimum atomic E-state index is -2.77. The third-order valence-electron chi connectivity index (χ3n) is 5.72. The summed E-state index contributed by atoms with van der Waals surface area (Å²) in [5.41, 5.74) is 2.01. The third-order valence-corrected chi connectivity index (χ3v) is 5.72. The van der Waals surface area contributed by atoms with Gasteiger partial charge in [0.2, 0.25) is 0 Å². The normalized spacial score (nSPS) is 18.8. The van der Waals surface area contributed by atoms with E-state index >= 15 is 0 Å². The van der Waals surface area contributed by atoms with Crippen molar-refractivity contribution in [2.24, 2.45) is 5.92 Å². The maximum absolute atomic E-state index is 14.0. The van der Waals surface area contributed by atoms with Crippen LogP contribution in [-0.2, 0) is 0 Å². The second-order valence-corrected chi connectivity index (χ2v) is 7.85. The van der Waals surface area contributed by atoms with Gasteiger partial charge in [-0.3, -0.25) is 9.59 Å². The van der Waals surface area contributed by atoms with Gasteiger partial charge in [-0.2, -0.15) is 0 Å². The van der Waals surface area contributed by atoms with E-state index in [9.17, 15) is 18.4 Å². The first-order valence-corrected chi connectivity index (χ1v) is 10.5. The second kappa shape index (κ2) is 9.96. The number of benzene rings is 1. The Morgan fingerprint density at radius 2 is 1.97 bits per heavy atom. The zero-order valence-corrected chi connectivity index (χ0v) is 17.8. The Hall–Kier alpha value is -2.87. The molecule has 1 aliphatic heterocycles. The highest BCUT2D eigenvalue weighted by Crippen LogP contribution is 2.31. The molecule has 1 saturated heterocycles. The van der Waals surface area contributed by atoms with Gasteiger partial charge in [0.25, 0.3) is 17.7 Å². The average Bonchev–Trinajstić information content (AvgIpc) is 2.79. The molecule has 166 valence electrons. The summed E-state index contributed by atoms with van der Waals surface area (Å²) >= 11 is 0. The van der Waals surface area contributed by atoms with Gasteiger partial charge in [0.15, 0.2) is 0 Å². The molecule has 2 atom stereocenters. The topological polar surface area (TPSA) is 83.1 Å². The molecule has 8 heteroatoms. The summed E-state index contributed by atoms with van der Waals surface area (Å²) < 4.78 is 27.9. The van der Waals surface area contributed by atoms with Crippen LogP contribution in [0.5, 0.6) is 0 Å². The standard InChI is InChI=1S/C23H28F2N4O2/c1-15(16-6-4-3-5-7-16)19-12-17(13-20(29-19)22(31)26-2)21(30)28-11-9-18-8-10-27-14-23(18,24)25/h3-7,12-13,15,18,27H,8-11,14H2,1-2H3,(H,26,31)(H,28,30)/t15-,18?/m0/s1. The highest BCUT2D eigenvalue weighted by molar-refractivity contribution is 5.98. The molecule has 1 unspecified atom stereocenters. The Balaban J connectivity index is 1.76. The van der Waals surface area contributed by atoms with Crippen molar-refractivity contribution in [3.8, 4) is 0 Å². The summed E-state index contributed by atoms with van der Waals surface area (Å²) in [6, 6.07) is 12.7. The molecule has 2 aromatic rings. The number of hydrogen-bond acceptors (Lipinski definition) is 4. The van der Waals surface area contributed by atoms with Crippen molar-refractivity contribution in [2.75, 3.05) is 26.7 Å². The van der Waals surface area contributed by atoms with Gasteiger partial charge in [0.1, 0.15) is 5.69 Å². The van der Waals surface area contributed by atoms with E-state index in [0.29, 0.717) is 18.7 Å². The van der Waals surface area contributed by atoms with E-state index in [1.165, 1.54) is 13.1 Å². The number of alkyl halides is 2. The molecule has 1 aromatic carbocycles. The van der Waals surface area contributed by atoms with Gasteiger partial charge in [-0.15, -0.1) is 0 Å².